The van der Waals surface area contributed by atoms with E-state index >= 15 is 0 Å². The molecular weight excluding hydrogens is 295 g/mol. The van der Waals surface area contributed by atoms with Crippen LogP contribution >= 0.6 is 0 Å². The lowest BCUT2D eigenvalue weighted by atomic mass is 9.98. The molecule has 1 aliphatic heterocycles. The van der Waals surface area contributed by atoms with Crippen LogP contribution in [0.2, 0.25) is 0 Å². The Balaban J connectivity index is 2.12. The van der Waals surface area contributed by atoms with Crippen molar-refractivity contribution in [2.75, 3.05) is 25.5 Å². The van der Waals surface area contributed by atoms with Crippen molar-refractivity contribution in [3.8, 4) is 0 Å². The molecular formula is C13H23FN4O2S. The van der Waals surface area contributed by atoms with Crippen molar-refractivity contribution in [2.45, 2.75) is 45.1 Å². The zero-order valence-electron chi connectivity index (χ0n) is 12.6. The normalized spacial score (nSPS) is 21.0. The highest BCUT2D eigenvalue weighted by Gasteiger charge is 2.31. The van der Waals surface area contributed by atoms with Crippen LogP contribution < -0.4 is 0 Å². The summed E-state index contributed by atoms with van der Waals surface area (Å²) in [6.07, 6.45) is 3.45. The molecule has 1 fully saturated rings. The third-order valence-corrected chi connectivity index (χ3v) is 5.76. The van der Waals surface area contributed by atoms with Crippen molar-refractivity contribution in [1.82, 2.24) is 19.1 Å². The quantitative estimate of drug-likeness (QED) is 0.801. The molecule has 8 heteroatoms. The Hall–Kier alpha value is -1.02. The lowest BCUT2D eigenvalue weighted by Gasteiger charge is -2.31. The Labute approximate surface area is 125 Å². The molecule has 0 saturated carbocycles. The Kier molecular flexibility index (Phi) is 5.32. The zero-order valence-corrected chi connectivity index (χ0v) is 13.4. The van der Waals surface area contributed by atoms with Gasteiger partial charge in [-0.05, 0) is 33.1 Å². The molecule has 1 aromatic heterocycles. The molecule has 0 N–H and O–H groups in total. The van der Waals surface area contributed by atoms with E-state index in [1.165, 1.54) is 4.31 Å². The highest BCUT2D eigenvalue weighted by molar-refractivity contribution is 7.89. The first-order valence-corrected chi connectivity index (χ1v) is 9.00. The molecule has 0 aromatic carbocycles. The van der Waals surface area contributed by atoms with Gasteiger partial charge in [0.25, 0.3) is 0 Å². The fraction of sp³-hybridized carbons (Fsp3) is 0.846. The predicted octanol–water partition coefficient (Wildman–Crippen LogP) is 1.73. The van der Waals surface area contributed by atoms with Gasteiger partial charge in [-0.25, -0.2) is 12.7 Å². The fourth-order valence-corrected chi connectivity index (χ4v) is 4.26. The van der Waals surface area contributed by atoms with Gasteiger partial charge in [-0.1, -0.05) is 0 Å². The number of alkyl halides is 1. The van der Waals surface area contributed by atoms with Crippen LogP contribution in [0, 0.1) is 0 Å². The summed E-state index contributed by atoms with van der Waals surface area (Å²) in [6, 6.07) is 0.244. The summed E-state index contributed by atoms with van der Waals surface area (Å²) in [5.41, 5.74) is 0. The Bertz CT molecular complexity index is 558. The second-order valence-corrected chi connectivity index (χ2v) is 7.83. The summed E-state index contributed by atoms with van der Waals surface area (Å²) in [5, 5.41) is 8.12. The monoisotopic (exact) mass is 318 g/mol. The van der Waals surface area contributed by atoms with E-state index in [1.54, 1.807) is 6.33 Å². The van der Waals surface area contributed by atoms with Crippen molar-refractivity contribution in [3.05, 3.63) is 12.2 Å². The SMILES string of the molecule is CC(C)n1cnnc1[C@@H]1CCCN(S(=O)(=O)CCCF)C1. The van der Waals surface area contributed by atoms with Gasteiger partial charge in [0, 0.05) is 25.0 Å². The minimum atomic E-state index is -3.37. The molecule has 0 spiro atoms. The first-order valence-electron chi connectivity index (χ1n) is 7.39. The largest absolute Gasteiger partial charge is 0.315 e. The van der Waals surface area contributed by atoms with Gasteiger partial charge in [0.05, 0.1) is 12.4 Å². The average molecular weight is 318 g/mol. The standard InChI is InChI=1S/C13H23FN4O2S/c1-11(2)18-10-15-16-13(18)12-5-3-7-17(9-12)21(19,20)8-4-6-14/h10-12H,3-9H2,1-2H3/t12-/m1/s1. The van der Waals surface area contributed by atoms with E-state index < -0.39 is 16.7 Å². The molecule has 1 aliphatic rings. The topological polar surface area (TPSA) is 68.1 Å². The number of rotatable bonds is 6. The molecule has 21 heavy (non-hydrogen) atoms. The molecule has 1 aromatic rings. The molecule has 0 amide bonds. The van der Waals surface area contributed by atoms with Crippen molar-refractivity contribution in [2.24, 2.45) is 0 Å². The van der Waals surface area contributed by atoms with Crippen molar-refractivity contribution >= 4 is 10.0 Å². The summed E-state index contributed by atoms with van der Waals surface area (Å²) >= 11 is 0. The Morgan fingerprint density at radius 1 is 1.48 bits per heavy atom. The summed E-state index contributed by atoms with van der Waals surface area (Å²) in [4.78, 5) is 0. The molecule has 0 radical (unpaired) electrons. The molecule has 1 atom stereocenters. The second kappa shape index (κ2) is 6.83. The lowest BCUT2D eigenvalue weighted by Crippen LogP contribution is -2.41. The van der Waals surface area contributed by atoms with Crippen LogP contribution in [0.4, 0.5) is 4.39 Å². The number of hydrogen-bond acceptors (Lipinski definition) is 4. The van der Waals surface area contributed by atoms with Crippen LogP contribution in [-0.2, 0) is 10.0 Å². The summed E-state index contributed by atoms with van der Waals surface area (Å²) in [5.74, 6) is 0.784. The number of sulfonamides is 1. The first-order chi connectivity index (χ1) is 9.95. The van der Waals surface area contributed by atoms with E-state index in [0.717, 1.165) is 18.7 Å². The minimum absolute atomic E-state index is 0.0591. The van der Waals surface area contributed by atoms with E-state index in [4.69, 9.17) is 0 Å². The predicted molar refractivity (Wildman–Crippen MR) is 78.3 cm³/mol. The van der Waals surface area contributed by atoms with Gasteiger partial charge in [-0.15, -0.1) is 10.2 Å². The number of nitrogens with zero attached hydrogens (tertiary/aromatic N) is 4. The van der Waals surface area contributed by atoms with Crippen molar-refractivity contribution in [3.63, 3.8) is 0 Å². The summed E-state index contributed by atoms with van der Waals surface area (Å²) in [7, 11) is -3.37. The van der Waals surface area contributed by atoms with Gasteiger partial charge in [0.15, 0.2) is 0 Å². The molecule has 2 heterocycles. The third kappa shape index (κ3) is 3.79. The third-order valence-electron chi connectivity index (χ3n) is 3.84. The Morgan fingerprint density at radius 3 is 2.90 bits per heavy atom. The maximum atomic E-state index is 12.2. The van der Waals surface area contributed by atoms with Crippen molar-refractivity contribution < 1.29 is 12.8 Å². The van der Waals surface area contributed by atoms with Crippen LogP contribution in [0.15, 0.2) is 6.33 Å². The van der Waals surface area contributed by atoms with Gasteiger partial charge in [-0.3, -0.25) is 4.39 Å². The molecule has 2 rings (SSSR count). The highest BCUT2D eigenvalue weighted by Crippen LogP contribution is 2.28. The number of hydrogen-bond donors (Lipinski definition) is 0. The van der Waals surface area contributed by atoms with E-state index in [2.05, 4.69) is 10.2 Å². The maximum absolute atomic E-state index is 12.2. The number of halogens is 1. The van der Waals surface area contributed by atoms with Gasteiger partial charge < -0.3 is 4.57 Å². The van der Waals surface area contributed by atoms with E-state index in [1.807, 2.05) is 18.4 Å². The van der Waals surface area contributed by atoms with Crippen LogP contribution in [0.1, 0.15) is 50.9 Å². The Morgan fingerprint density at radius 2 is 2.24 bits per heavy atom. The number of piperidine rings is 1. The zero-order chi connectivity index (χ0) is 15.5. The summed E-state index contributed by atoms with van der Waals surface area (Å²) in [6.45, 7) is 4.43. The molecule has 1 saturated heterocycles. The van der Waals surface area contributed by atoms with Crippen LogP contribution in [0.5, 0.6) is 0 Å². The smallest absolute Gasteiger partial charge is 0.214 e. The fourth-order valence-electron chi connectivity index (χ4n) is 2.71. The molecule has 0 bridgehead atoms. The van der Waals surface area contributed by atoms with Gasteiger partial charge in [0.1, 0.15) is 12.2 Å². The van der Waals surface area contributed by atoms with Crippen molar-refractivity contribution in [1.29, 1.82) is 0 Å². The molecule has 6 nitrogen and oxygen atoms in total. The highest BCUT2D eigenvalue weighted by atomic mass is 32.2. The van der Waals surface area contributed by atoms with Gasteiger partial charge in [-0.2, -0.15) is 0 Å². The van der Waals surface area contributed by atoms with E-state index in [-0.39, 0.29) is 24.1 Å². The minimum Gasteiger partial charge on any atom is -0.315 e. The van der Waals surface area contributed by atoms with Crippen LogP contribution in [-0.4, -0.2) is 53.0 Å². The van der Waals surface area contributed by atoms with Crippen LogP contribution in [0.3, 0.4) is 0 Å². The van der Waals surface area contributed by atoms with Gasteiger partial charge >= 0.3 is 0 Å². The average Bonchev–Trinajstić information content (AvgIpc) is 2.95. The molecule has 120 valence electrons. The molecule has 0 unspecified atom stereocenters. The second-order valence-electron chi connectivity index (χ2n) is 5.75. The summed E-state index contributed by atoms with van der Waals surface area (Å²) < 4.78 is 40.1. The van der Waals surface area contributed by atoms with E-state index in [9.17, 15) is 12.8 Å². The van der Waals surface area contributed by atoms with Gasteiger partial charge in [0.2, 0.25) is 10.0 Å². The van der Waals surface area contributed by atoms with E-state index in [0.29, 0.717) is 13.1 Å². The lowest BCUT2D eigenvalue weighted by molar-refractivity contribution is 0.301. The first kappa shape index (κ1) is 16.4. The molecule has 0 aliphatic carbocycles. The maximum Gasteiger partial charge on any atom is 0.214 e. The van der Waals surface area contributed by atoms with Crippen LogP contribution in [0.25, 0.3) is 0 Å². The number of aromatic nitrogens is 3.